The van der Waals surface area contributed by atoms with Gasteiger partial charge < -0.3 is 19.1 Å². The molecular formula is C26H35NO4Si. The lowest BCUT2D eigenvalue weighted by Gasteiger charge is -2.46. The summed E-state index contributed by atoms with van der Waals surface area (Å²) in [5.74, 6) is -0.757. The molecule has 0 spiro atoms. The predicted octanol–water partition coefficient (Wildman–Crippen LogP) is 4.49. The average molecular weight is 454 g/mol. The van der Waals surface area contributed by atoms with Crippen molar-refractivity contribution in [3.63, 3.8) is 0 Å². The molecule has 1 N–H and O–H groups in total. The normalized spacial score (nSPS) is 22.2. The van der Waals surface area contributed by atoms with E-state index in [0.717, 1.165) is 0 Å². The van der Waals surface area contributed by atoms with Crippen molar-refractivity contribution in [3.05, 3.63) is 73.3 Å². The molecule has 1 saturated heterocycles. The van der Waals surface area contributed by atoms with E-state index in [2.05, 4.69) is 81.0 Å². The van der Waals surface area contributed by atoms with E-state index in [1.807, 2.05) is 26.0 Å². The fraction of sp³-hybridized carbons (Fsp3) is 0.423. The Labute approximate surface area is 192 Å². The lowest BCUT2D eigenvalue weighted by molar-refractivity contribution is -0.151. The van der Waals surface area contributed by atoms with Gasteiger partial charge in [-0.05, 0) is 29.3 Å². The molecule has 6 heteroatoms. The van der Waals surface area contributed by atoms with Gasteiger partial charge in [0.15, 0.2) is 5.79 Å². The van der Waals surface area contributed by atoms with Gasteiger partial charge in [-0.25, -0.2) is 0 Å². The number of oxime groups is 1. The molecule has 5 nitrogen and oxygen atoms in total. The SMILES string of the molecule is C=CC1OC(C)(C)OC1C(CC=NO)O[Si](c1ccccc1)(c1ccccc1)C(C)(C)C. The first-order chi connectivity index (χ1) is 15.1. The van der Waals surface area contributed by atoms with Gasteiger partial charge in [0.05, 0.1) is 6.10 Å². The number of hydrogen-bond acceptors (Lipinski definition) is 5. The van der Waals surface area contributed by atoms with Crippen LogP contribution >= 0.6 is 0 Å². The second-order valence-electron chi connectivity index (χ2n) is 9.65. The van der Waals surface area contributed by atoms with Crippen LogP contribution in [0.3, 0.4) is 0 Å². The molecule has 1 heterocycles. The second kappa shape index (κ2) is 9.71. The van der Waals surface area contributed by atoms with Crippen molar-refractivity contribution in [2.75, 3.05) is 0 Å². The minimum absolute atomic E-state index is 0.191. The maximum absolute atomic E-state index is 9.21. The lowest BCUT2D eigenvalue weighted by Crippen LogP contribution is -2.68. The first-order valence-electron chi connectivity index (χ1n) is 11.1. The third-order valence-electron chi connectivity index (χ3n) is 5.93. The molecule has 0 aromatic heterocycles. The minimum Gasteiger partial charge on any atom is -0.411 e. The van der Waals surface area contributed by atoms with Gasteiger partial charge in [-0.2, -0.15) is 0 Å². The van der Waals surface area contributed by atoms with Gasteiger partial charge >= 0.3 is 0 Å². The van der Waals surface area contributed by atoms with E-state index < -0.39 is 20.2 Å². The van der Waals surface area contributed by atoms with Crippen LogP contribution in [0.1, 0.15) is 41.0 Å². The molecule has 1 aliphatic heterocycles. The third kappa shape index (κ3) is 4.88. The molecule has 1 fully saturated rings. The second-order valence-corrected chi connectivity index (χ2v) is 13.9. The zero-order valence-electron chi connectivity index (χ0n) is 19.7. The summed E-state index contributed by atoms with van der Waals surface area (Å²) in [6, 6.07) is 20.9. The maximum atomic E-state index is 9.21. The Morgan fingerprint density at radius 2 is 1.59 bits per heavy atom. The highest BCUT2D eigenvalue weighted by atomic mass is 28.4. The standard InChI is InChI=1S/C26H35NO4Si/c1-7-22-24(30-26(5,6)29-22)23(18-19-27-28)31-32(25(2,3)4,20-14-10-8-11-15-20)21-16-12-9-13-17-21/h7-17,19,22-24,28H,1,18H2,2-6H3. The minimum atomic E-state index is -2.83. The predicted molar refractivity (Wildman–Crippen MR) is 131 cm³/mol. The first kappa shape index (κ1) is 24.4. The van der Waals surface area contributed by atoms with Crippen molar-refractivity contribution in [1.82, 2.24) is 0 Å². The molecule has 2 aromatic carbocycles. The van der Waals surface area contributed by atoms with Crippen LogP contribution < -0.4 is 10.4 Å². The monoisotopic (exact) mass is 453 g/mol. The van der Waals surface area contributed by atoms with Crippen molar-refractivity contribution >= 4 is 24.9 Å². The summed E-state index contributed by atoms with van der Waals surface area (Å²) in [6.45, 7) is 14.4. The van der Waals surface area contributed by atoms with E-state index in [0.29, 0.717) is 6.42 Å². The van der Waals surface area contributed by atoms with E-state index in [1.165, 1.54) is 16.6 Å². The molecule has 0 aliphatic carbocycles. The van der Waals surface area contributed by atoms with Gasteiger partial charge in [-0.15, -0.1) is 11.7 Å². The van der Waals surface area contributed by atoms with Gasteiger partial charge in [0.1, 0.15) is 12.2 Å². The Morgan fingerprint density at radius 1 is 1.06 bits per heavy atom. The van der Waals surface area contributed by atoms with E-state index in [9.17, 15) is 5.21 Å². The number of rotatable bonds is 8. The zero-order chi connectivity index (χ0) is 23.4. The summed E-state index contributed by atoms with van der Waals surface area (Å²) < 4.78 is 19.6. The molecular weight excluding hydrogens is 418 g/mol. The summed E-state index contributed by atoms with van der Waals surface area (Å²) in [5, 5.41) is 14.6. The molecule has 1 aliphatic rings. The van der Waals surface area contributed by atoms with Crippen LogP contribution in [-0.2, 0) is 13.9 Å². The van der Waals surface area contributed by atoms with E-state index in [4.69, 9.17) is 13.9 Å². The van der Waals surface area contributed by atoms with Gasteiger partial charge in [0.25, 0.3) is 8.32 Å². The van der Waals surface area contributed by atoms with Crippen LogP contribution in [0.2, 0.25) is 5.04 Å². The zero-order valence-corrected chi connectivity index (χ0v) is 20.7. The Hall–Kier alpha value is -2.25. The largest absolute Gasteiger partial charge is 0.411 e. The number of ether oxygens (including phenoxy) is 2. The van der Waals surface area contributed by atoms with Crippen molar-refractivity contribution in [2.45, 2.75) is 70.2 Å². The highest BCUT2D eigenvalue weighted by molar-refractivity contribution is 6.99. The molecule has 3 atom stereocenters. The maximum Gasteiger partial charge on any atom is 0.261 e. The third-order valence-corrected chi connectivity index (χ3v) is 11.0. The molecule has 3 unspecified atom stereocenters. The average Bonchev–Trinajstić information content (AvgIpc) is 3.09. The number of benzene rings is 2. The number of hydrogen-bond donors (Lipinski definition) is 1. The molecule has 2 aromatic rings. The summed E-state index contributed by atoms with van der Waals surface area (Å²) in [5.41, 5.74) is 0. The van der Waals surface area contributed by atoms with Crippen molar-refractivity contribution in [3.8, 4) is 0 Å². The van der Waals surface area contributed by atoms with Crippen LogP contribution in [0.5, 0.6) is 0 Å². The molecule has 0 radical (unpaired) electrons. The van der Waals surface area contributed by atoms with Crippen LogP contribution in [0.15, 0.2) is 78.5 Å². The Bertz CT molecular complexity index is 869. The molecule has 0 saturated carbocycles. The van der Waals surface area contributed by atoms with Crippen LogP contribution in [0, 0.1) is 0 Å². The van der Waals surface area contributed by atoms with Gasteiger partial charge in [-0.3, -0.25) is 0 Å². The van der Waals surface area contributed by atoms with Gasteiger partial charge in [0, 0.05) is 12.6 Å². The van der Waals surface area contributed by atoms with E-state index in [-0.39, 0.29) is 17.2 Å². The lowest BCUT2D eigenvalue weighted by atomic mass is 10.1. The van der Waals surface area contributed by atoms with Crippen molar-refractivity contribution in [2.24, 2.45) is 5.16 Å². The molecule has 32 heavy (non-hydrogen) atoms. The first-order valence-corrected chi connectivity index (χ1v) is 13.0. The van der Waals surface area contributed by atoms with Crippen molar-refractivity contribution < 1.29 is 19.1 Å². The highest BCUT2D eigenvalue weighted by Crippen LogP contribution is 2.40. The summed E-state index contributed by atoms with van der Waals surface area (Å²) in [7, 11) is -2.83. The molecule has 172 valence electrons. The van der Waals surface area contributed by atoms with Gasteiger partial charge in [0.2, 0.25) is 0 Å². The smallest absolute Gasteiger partial charge is 0.261 e. The molecule has 0 amide bonds. The van der Waals surface area contributed by atoms with Crippen LogP contribution in [0.25, 0.3) is 0 Å². The fourth-order valence-electron chi connectivity index (χ4n) is 4.61. The van der Waals surface area contributed by atoms with Crippen molar-refractivity contribution in [1.29, 1.82) is 0 Å². The number of nitrogens with zero attached hydrogens (tertiary/aromatic N) is 1. The van der Waals surface area contributed by atoms with E-state index in [1.54, 1.807) is 6.08 Å². The Kier molecular flexibility index (Phi) is 7.40. The van der Waals surface area contributed by atoms with Gasteiger partial charge in [-0.1, -0.05) is 87.5 Å². The fourth-order valence-corrected chi connectivity index (χ4v) is 9.30. The summed E-state index contributed by atoms with van der Waals surface area (Å²) >= 11 is 0. The Morgan fingerprint density at radius 3 is 2.03 bits per heavy atom. The topological polar surface area (TPSA) is 60.3 Å². The Balaban J connectivity index is 2.18. The van der Waals surface area contributed by atoms with Crippen LogP contribution in [-0.4, -0.2) is 43.8 Å². The summed E-state index contributed by atoms with van der Waals surface area (Å²) in [4.78, 5) is 0. The van der Waals surface area contributed by atoms with Crippen LogP contribution in [0.4, 0.5) is 0 Å². The molecule has 3 rings (SSSR count). The molecule has 0 bridgehead atoms. The summed E-state index contributed by atoms with van der Waals surface area (Å²) in [6.07, 6.45) is 2.49. The quantitative estimate of drug-likeness (QED) is 0.210. The van der Waals surface area contributed by atoms with E-state index >= 15 is 0 Å². The highest BCUT2D eigenvalue weighted by Gasteiger charge is 2.54.